The number of nitrogens with zero attached hydrogens (tertiary/aromatic N) is 2. The first kappa shape index (κ1) is 21.8. The standard InChI is InChI=1S/C21H21N3O7/c1-13-6-7-15(9-18(13)24(28)29)22-19(25)12-31-21(27)14-8-20(26)23(11-14)16-4-3-5-17(10-16)30-2/h3-7,9-10,14H,8,11-12H2,1-2H3,(H,22,25)/t14-/m1/s1. The summed E-state index contributed by atoms with van der Waals surface area (Å²) in [7, 11) is 1.52. The van der Waals surface area contributed by atoms with Crippen LogP contribution in [0.1, 0.15) is 12.0 Å². The number of amides is 2. The van der Waals surface area contributed by atoms with Gasteiger partial charge in [0.2, 0.25) is 5.91 Å². The number of rotatable bonds is 7. The molecule has 0 aliphatic carbocycles. The largest absolute Gasteiger partial charge is 0.497 e. The highest BCUT2D eigenvalue weighted by Gasteiger charge is 2.36. The van der Waals surface area contributed by atoms with E-state index < -0.39 is 29.3 Å². The normalized spacial score (nSPS) is 15.5. The van der Waals surface area contributed by atoms with Crippen LogP contribution in [0.15, 0.2) is 42.5 Å². The molecule has 0 aromatic heterocycles. The van der Waals surface area contributed by atoms with E-state index in [0.717, 1.165) is 0 Å². The fraction of sp³-hybridized carbons (Fsp3) is 0.286. The molecule has 1 saturated heterocycles. The lowest BCUT2D eigenvalue weighted by Crippen LogP contribution is -2.28. The molecule has 1 heterocycles. The van der Waals surface area contributed by atoms with Crippen molar-refractivity contribution < 1.29 is 28.8 Å². The number of esters is 1. The summed E-state index contributed by atoms with van der Waals surface area (Å²) in [6, 6.07) is 11.2. The molecule has 0 bridgehead atoms. The molecule has 1 N–H and O–H groups in total. The number of aryl methyl sites for hydroxylation is 1. The summed E-state index contributed by atoms with van der Waals surface area (Å²) in [6.45, 7) is 1.16. The number of anilines is 2. The maximum Gasteiger partial charge on any atom is 0.311 e. The van der Waals surface area contributed by atoms with Crippen LogP contribution in [-0.2, 0) is 19.1 Å². The van der Waals surface area contributed by atoms with Gasteiger partial charge in [0.1, 0.15) is 5.75 Å². The SMILES string of the molecule is COc1cccc(N2C[C@H](C(=O)OCC(=O)Nc3ccc(C)c([N+](=O)[O-])c3)CC2=O)c1. The first-order chi connectivity index (χ1) is 14.8. The second-order valence-electron chi connectivity index (χ2n) is 7.02. The molecule has 2 aromatic rings. The second-order valence-corrected chi connectivity index (χ2v) is 7.02. The van der Waals surface area contributed by atoms with E-state index in [2.05, 4.69) is 5.32 Å². The highest BCUT2D eigenvalue weighted by Crippen LogP contribution is 2.28. The molecule has 1 atom stereocenters. The monoisotopic (exact) mass is 427 g/mol. The molecule has 10 heteroatoms. The van der Waals surface area contributed by atoms with Crippen LogP contribution in [0.3, 0.4) is 0 Å². The number of nitro groups is 1. The predicted molar refractivity (Wildman–Crippen MR) is 111 cm³/mol. The third-order valence-corrected chi connectivity index (χ3v) is 4.86. The molecule has 31 heavy (non-hydrogen) atoms. The Labute approximate surface area is 177 Å². The number of ether oxygens (including phenoxy) is 2. The molecule has 3 rings (SSSR count). The van der Waals surface area contributed by atoms with E-state index in [1.54, 1.807) is 31.2 Å². The smallest absolute Gasteiger partial charge is 0.311 e. The summed E-state index contributed by atoms with van der Waals surface area (Å²) in [5, 5.41) is 13.5. The quantitative estimate of drug-likeness (QED) is 0.408. The summed E-state index contributed by atoms with van der Waals surface area (Å²) in [5.74, 6) is -1.65. The van der Waals surface area contributed by atoms with Crippen molar-refractivity contribution >= 4 is 34.8 Å². The summed E-state index contributed by atoms with van der Waals surface area (Å²) in [6.07, 6.45) is -0.0260. The van der Waals surface area contributed by atoms with Gasteiger partial charge in [-0.05, 0) is 25.1 Å². The van der Waals surface area contributed by atoms with Gasteiger partial charge in [-0.15, -0.1) is 0 Å². The minimum absolute atomic E-state index is 0.0260. The van der Waals surface area contributed by atoms with Crippen LogP contribution in [0.5, 0.6) is 5.75 Å². The third kappa shape index (κ3) is 5.16. The highest BCUT2D eigenvalue weighted by molar-refractivity contribution is 6.00. The average molecular weight is 427 g/mol. The Morgan fingerprint density at radius 1 is 1.26 bits per heavy atom. The van der Waals surface area contributed by atoms with E-state index >= 15 is 0 Å². The molecule has 2 aromatic carbocycles. The number of nitro benzene ring substituents is 1. The minimum Gasteiger partial charge on any atom is -0.497 e. The first-order valence-corrected chi connectivity index (χ1v) is 9.44. The molecule has 0 saturated carbocycles. The number of carbonyl (C=O) groups excluding carboxylic acids is 3. The van der Waals surface area contributed by atoms with Crippen molar-refractivity contribution in [3.8, 4) is 5.75 Å². The molecular weight excluding hydrogens is 406 g/mol. The van der Waals surface area contributed by atoms with Crippen LogP contribution in [0.2, 0.25) is 0 Å². The summed E-state index contributed by atoms with van der Waals surface area (Å²) in [4.78, 5) is 48.7. The summed E-state index contributed by atoms with van der Waals surface area (Å²) < 4.78 is 10.2. The van der Waals surface area contributed by atoms with Crippen LogP contribution in [0.25, 0.3) is 0 Å². The van der Waals surface area contributed by atoms with Gasteiger partial charge in [-0.25, -0.2) is 0 Å². The first-order valence-electron chi connectivity index (χ1n) is 9.44. The lowest BCUT2D eigenvalue weighted by molar-refractivity contribution is -0.385. The number of hydrogen-bond acceptors (Lipinski definition) is 7. The molecular formula is C21H21N3O7. The Kier molecular flexibility index (Phi) is 6.49. The van der Waals surface area contributed by atoms with Crippen molar-refractivity contribution in [1.29, 1.82) is 0 Å². The number of hydrogen-bond donors (Lipinski definition) is 1. The highest BCUT2D eigenvalue weighted by atomic mass is 16.6. The van der Waals surface area contributed by atoms with Crippen LogP contribution in [-0.4, -0.2) is 43.0 Å². The van der Waals surface area contributed by atoms with Gasteiger partial charge in [0, 0.05) is 42.0 Å². The second kappa shape index (κ2) is 9.24. The average Bonchev–Trinajstić information content (AvgIpc) is 3.15. The molecule has 1 aliphatic heterocycles. The topological polar surface area (TPSA) is 128 Å². The molecule has 1 aliphatic rings. The number of nitrogens with one attached hydrogen (secondary N) is 1. The van der Waals surface area contributed by atoms with Gasteiger partial charge >= 0.3 is 5.97 Å². The van der Waals surface area contributed by atoms with Gasteiger partial charge < -0.3 is 19.7 Å². The van der Waals surface area contributed by atoms with Crippen molar-refractivity contribution in [2.75, 3.05) is 30.5 Å². The fourth-order valence-corrected chi connectivity index (χ4v) is 3.23. The molecule has 10 nitrogen and oxygen atoms in total. The fourth-order valence-electron chi connectivity index (χ4n) is 3.23. The Bertz CT molecular complexity index is 1040. The van der Waals surface area contributed by atoms with E-state index in [1.807, 2.05) is 0 Å². The number of methoxy groups -OCH3 is 1. The lowest BCUT2D eigenvalue weighted by Gasteiger charge is -2.17. The van der Waals surface area contributed by atoms with Crippen molar-refractivity contribution in [2.45, 2.75) is 13.3 Å². The minimum atomic E-state index is -0.702. The molecule has 1 fully saturated rings. The Hall–Kier alpha value is -3.95. The maximum atomic E-state index is 12.3. The van der Waals surface area contributed by atoms with E-state index in [4.69, 9.17) is 9.47 Å². The Morgan fingerprint density at radius 3 is 2.74 bits per heavy atom. The Balaban J connectivity index is 1.55. The lowest BCUT2D eigenvalue weighted by atomic mass is 10.1. The third-order valence-electron chi connectivity index (χ3n) is 4.86. The molecule has 2 amide bonds. The van der Waals surface area contributed by atoms with Crippen molar-refractivity contribution in [1.82, 2.24) is 0 Å². The summed E-state index contributed by atoms with van der Waals surface area (Å²) in [5.41, 5.74) is 1.16. The zero-order valence-electron chi connectivity index (χ0n) is 17.0. The van der Waals surface area contributed by atoms with Gasteiger partial charge in [0.25, 0.3) is 11.6 Å². The Morgan fingerprint density at radius 2 is 2.03 bits per heavy atom. The van der Waals surface area contributed by atoms with Gasteiger partial charge in [-0.1, -0.05) is 12.1 Å². The maximum absolute atomic E-state index is 12.3. The van der Waals surface area contributed by atoms with E-state index in [0.29, 0.717) is 17.0 Å². The molecule has 0 spiro atoms. The van der Waals surface area contributed by atoms with Crippen molar-refractivity contribution in [3.63, 3.8) is 0 Å². The van der Waals surface area contributed by atoms with Crippen molar-refractivity contribution in [2.24, 2.45) is 5.92 Å². The van der Waals surface area contributed by atoms with Gasteiger partial charge in [-0.2, -0.15) is 0 Å². The zero-order chi connectivity index (χ0) is 22.5. The van der Waals surface area contributed by atoms with Crippen molar-refractivity contribution in [3.05, 3.63) is 58.1 Å². The van der Waals surface area contributed by atoms with Crippen LogP contribution >= 0.6 is 0 Å². The summed E-state index contributed by atoms with van der Waals surface area (Å²) >= 11 is 0. The number of carbonyl (C=O) groups is 3. The van der Waals surface area contributed by atoms with E-state index in [1.165, 1.54) is 30.2 Å². The van der Waals surface area contributed by atoms with E-state index in [-0.39, 0.29) is 30.2 Å². The molecule has 0 radical (unpaired) electrons. The predicted octanol–water partition coefficient (Wildman–Crippen LogP) is 2.45. The van der Waals surface area contributed by atoms with Gasteiger partial charge in [0.05, 0.1) is 18.0 Å². The number of benzene rings is 2. The zero-order valence-corrected chi connectivity index (χ0v) is 17.0. The van der Waals surface area contributed by atoms with Crippen LogP contribution in [0, 0.1) is 23.0 Å². The van der Waals surface area contributed by atoms with Crippen LogP contribution in [0.4, 0.5) is 17.1 Å². The van der Waals surface area contributed by atoms with E-state index in [9.17, 15) is 24.5 Å². The molecule has 0 unspecified atom stereocenters. The van der Waals surface area contributed by atoms with Crippen LogP contribution < -0.4 is 15.0 Å². The molecule has 162 valence electrons. The van der Waals surface area contributed by atoms with Gasteiger partial charge in [-0.3, -0.25) is 24.5 Å². The van der Waals surface area contributed by atoms with Gasteiger partial charge in [0.15, 0.2) is 6.61 Å².